The summed E-state index contributed by atoms with van der Waals surface area (Å²) < 4.78 is 41.4. The van der Waals surface area contributed by atoms with E-state index in [4.69, 9.17) is 0 Å². The summed E-state index contributed by atoms with van der Waals surface area (Å²) in [5.74, 6) is -0.772. The number of sulfonamides is 1. The molecule has 2 aliphatic rings. The summed E-state index contributed by atoms with van der Waals surface area (Å²) >= 11 is 0. The Morgan fingerprint density at radius 1 is 1.35 bits per heavy atom. The van der Waals surface area contributed by atoms with E-state index in [9.17, 15) is 17.6 Å². The number of piperidine rings is 1. The average molecular weight is 340 g/mol. The van der Waals surface area contributed by atoms with Gasteiger partial charge in [0.1, 0.15) is 10.7 Å². The van der Waals surface area contributed by atoms with Gasteiger partial charge in [-0.3, -0.25) is 4.79 Å². The molecule has 1 aromatic carbocycles. The Kier molecular flexibility index (Phi) is 4.18. The van der Waals surface area contributed by atoms with Crippen LogP contribution in [0.2, 0.25) is 0 Å². The Labute approximate surface area is 135 Å². The van der Waals surface area contributed by atoms with Gasteiger partial charge in [-0.1, -0.05) is 19.1 Å². The summed E-state index contributed by atoms with van der Waals surface area (Å²) in [6.45, 7) is 2.26. The van der Waals surface area contributed by atoms with Crippen molar-refractivity contribution in [2.45, 2.75) is 55.5 Å². The molecule has 0 unspecified atom stereocenters. The van der Waals surface area contributed by atoms with Gasteiger partial charge in [-0.15, -0.1) is 0 Å². The van der Waals surface area contributed by atoms with Crippen LogP contribution >= 0.6 is 0 Å². The zero-order chi connectivity index (χ0) is 16.7. The van der Waals surface area contributed by atoms with E-state index in [1.807, 2.05) is 6.92 Å². The molecule has 1 N–H and O–H groups in total. The molecule has 2 atom stereocenters. The number of rotatable bonds is 3. The molecule has 3 rings (SSSR count). The third-order valence-corrected chi connectivity index (χ3v) is 6.92. The molecule has 1 aromatic rings. The lowest BCUT2D eigenvalue weighted by Crippen LogP contribution is -2.63. The first-order valence-electron chi connectivity index (χ1n) is 7.98. The molecule has 2 saturated heterocycles. The third kappa shape index (κ3) is 2.65. The lowest BCUT2D eigenvalue weighted by atomic mass is 9.80. The highest BCUT2D eigenvalue weighted by Crippen LogP contribution is 2.39. The number of benzene rings is 1. The molecule has 2 heterocycles. The molecule has 1 amide bonds. The Balaban J connectivity index is 2.01. The molecule has 0 bridgehead atoms. The minimum atomic E-state index is -3.93. The first-order valence-corrected chi connectivity index (χ1v) is 9.42. The van der Waals surface area contributed by atoms with Gasteiger partial charge in [0.25, 0.3) is 0 Å². The van der Waals surface area contributed by atoms with Crippen LogP contribution in [-0.4, -0.2) is 36.8 Å². The fraction of sp³-hybridized carbons (Fsp3) is 0.562. The number of carbonyl (C=O) groups is 1. The van der Waals surface area contributed by atoms with Crippen LogP contribution in [0.25, 0.3) is 0 Å². The Bertz CT molecular complexity index is 722. The Morgan fingerprint density at radius 3 is 2.70 bits per heavy atom. The second kappa shape index (κ2) is 5.87. The quantitative estimate of drug-likeness (QED) is 0.916. The van der Waals surface area contributed by atoms with Gasteiger partial charge in [0.05, 0.1) is 5.54 Å². The maximum Gasteiger partial charge on any atom is 0.246 e. The highest BCUT2D eigenvalue weighted by Gasteiger charge is 2.51. The van der Waals surface area contributed by atoms with E-state index < -0.39 is 21.4 Å². The molecule has 2 aliphatic heterocycles. The minimum absolute atomic E-state index is 0.0337. The van der Waals surface area contributed by atoms with Gasteiger partial charge in [-0.25, -0.2) is 12.8 Å². The highest BCUT2D eigenvalue weighted by molar-refractivity contribution is 7.89. The summed E-state index contributed by atoms with van der Waals surface area (Å²) in [6, 6.07) is 5.11. The Hall–Kier alpha value is -1.47. The van der Waals surface area contributed by atoms with E-state index in [-0.39, 0.29) is 16.8 Å². The van der Waals surface area contributed by atoms with Crippen molar-refractivity contribution in [1.82, 2.24) is 9.62 Å². The van der Waals surface area contributed by atoms with Crippen molar-refractivity contribution in [3.8, 4) is 0 Å². The number of nitrogens with zero attached hydrogens (tertiary/aromatic N) is 1. The van der Waals surface area contributed by atoms with E-state index in [1.54, 1.807) is 0 Å². The summed E-state index contributed by atoms with van der Waals surface area (Å²) in [7, 11) is -3.93. The highest BCUT2D eigenvalue weighted by atomic mass is 32.2. The number of halogens is 1. The van der Waals surface area contributed by atoms with Crippen LogP contribution in [0, 0.1) is 5.82 Å². The van der Waals surface area contributed by atoms with Crippen molar-refractivity contribution >= 4 is 15.9 Å². The van der Waals surface area contributed by atoms with Crippen LogP contribution < -0.4 is 5.32 Å². The predicted molar refractivity (Wildman–Crippen MR) is 83.7 cm³/mol. The smallest absolute Gasteiger partial charge is 0.246 e. The van der Waals surface area contributed by atoms with Crippen molar-refractivity contribution in [2.24, 2.45) is 0 Å². The van der Waals surface area contributed by atoms with Gasteiger partial charge in [-0.2, -0.15) is 4.31 Å². The topological polar surface area (TPSA) is 66.5 Å². The van der Waals surface area contributed by atoms with Gasteiger partial charge < -0.3 is 5.32 Å². The largest absolute Gasteiger partial charge is 0.349 e. The first kappa shape index (κ1) is 16.4. The molecule has 0 aromatic heterocycles. The van der Waals surface area contributed by atoms with Crippen LogP contribution in [0.1, 0.15) is 39.0 Å². The van der Waals surface area contributed by atoms with Crippen molar-refractivity contribution in [3.05, 3.63) is 30.1 Å². The Morgan fingerprint density at radius 2 is 2.09 bits per heavy atom. The second-order valence-corrected chi connectivity index (χ2v) is 8.14. The molecule has 2 fully saturated rings. The van der Waals surface area contributed by atoms with E-state index in [0.717, 1.165) is 12.5 Å². The van der Waals surface area contributed by atoms with Crippen molar-refractivity contribution < 1.29 is 17.6 Å². The molecule has 1 spiro atoms. The van der Waals surface area contributed by atoms with Gasteiger partial charge >= 0.3 is 0 Å². The van der Waals surface area contributed by atoms with Crippen LogP contribution in [-0.2, 0) is 14.8 Å². The standard InChI is InChI=1S/C16H21FN2O3S/c1-2-14-16(10-8-15(20)18-16)9-5-11-19(14)23(21,22)13-7-4-3-6-12(13)17/h3-4,6-7,14H,2,5,8-11H2,1H3,(H,18,20)/t14-,16-/m0/s1. The maximum atomic E-state index is 14.0. The van der Waals surface area contributed by atoms with Gasteiger partial charge in [0.15, 0.2) is 0 Å². The normalized spacial score (nSPS) is 29.0. The van der Waals surface area contributed by atoms with E-state index in [2.05, 4.69) is 5.32 Å². The van der Waals surface area contributed by atoms with E-state index >= 15 is 0 Å². The number of hydrogen-bond acceptors (Lipinski definition) is 3. The van der Waals surface area contributed by atoms with Crippen molar-refractivity contribution in [1.29, 1.82) is 0 Å². The lowest BCUT2D eigenvalue weighted by molar-refractivity contribution is -0.120. The lowest BCUT2D eigenvalue weighted by Gasteiger charge is -2.47. The summed E-state index contributed by atoms with van der Waals surface area (Å²) in [5, 5.41) is 3.00. The SMILES string of the molecule is CC[C@@H]1N(S(=O)(=O)c2ccccc2F)CCC[C@]12CCC(=O)N2. The molecule has 0 saturated carbocycles. The summed E-state index contributed by atoms with van der Waals surface area (Å²) in [5.41, 5.74) is -0.511. The van der Waals surface area contributed by atoms with Crippen molar-refractivity contribution in [3.63, 3.8) is 0 Å². The zero-order valence-electron chi connectivity index (χ0n) is 13.1. The van der Waals surface area contributed by atoms with E-state index in [1.165, 1.54) is 22.5 Å². The molecule has 0 radical (unpaired) electrons. The molecule has 126 valence electrons. The average Bonchev–Trinajstić information content (AvgIpc) is 2.88. The molecule has 23 heavy (non-hydrogen) atoms. The van der Waals surface area contributed by atoms with Crippen LogP contribution in [0.15, 0.2) is 29.2 Å². The molecular weight excluding hydrogens is 319 g/mol. The van der Waals surface area contributed by atoms with Gasteiger partial charge in [0.2, 0.25) is 15.9 Å². The third-order valence-electron chi connectivity index (χ3n) is 4.98. The van der Waals surface area contributed by atoms with Crippen LogP contribution in [0.5, 0.6) is 0 Å². The van der Waals surface area contributed by atoms with Crippen LogP contribution in [0.4, 0.5) is 4.39 Å². The number of hydrogen-bond donors (Lipinski definition) is 1. The first-order chi connectivity index (χ1) is 10.9. The van der Waals surface area contributed by atoms with Crippen molar-refractivity contribution in [2.75, 3.05) is 6.54 Å². The number of amides is 1. The monoisotopic (exact) mass is 340 g/mol. The van der Waals surface area contributed by atoms with Gasteiger partial charge in [-0.05, 0) is 37.8 Å². The zero-order valence-corrected chi connectivity index (χ0v) is 13.9. The summed E-state index contributed by atoms with van der Waals surface area (Å²) in [4.78, 5) is 11.4. The molecule has 5 nitrogen and oxygen atoms in total. The fourth-order valence-corrected chi connectivity index (χ4v) is 5.86. The molecular formula is C16H21FN2O3S. The number of carbonyl (C=O) groups excluding carboxylic acids is 1. The van der Waals surface area contributed by atoms with Crippen LogP contribution in [0.3, 0.4) is 0 Å². The fourth-order valence-electron chi connectivity index (χ4n) is 3.99. The summed E-state index contributed by atoms with van der Waals surface area (Å²) in [6.07, 6.45) is 3.05. The minimum Gasteiger partial charge on any atom is -0.349 e. The second-order valence-electron chi connectivity index (χ2n) is 6.28. The maximum absolute atomic E-state index is 14.0. The molecule has 7 heteroatoms. The van der Waals surface area contributed by atoms with Gasteiger partial charge in [0, 0.05) is 19.0 Å². The number of nitrogens with one attached hydrogen (secondary N) is 1. The van der Waals surface area contributed by atoms with E-state index in [0.29, 0.717) is 32.2 Å². The molecule has 0 aliphatic carbocycles. The predicted octanol–water partition coefficient (Wildman–Crippen LogP) is 2.04.